The number of fused-ring (bicyclic) bond motifs is 1. The van der Waals surface area contributed by atoms with Crippen molar-refractivity contribution in [1.82, 2.24) is 5.32 Å². The monoisotopic (exact) mass is 286 g/mol. The molecule has 0 bridgehead atoms. The van der Waals surface area contributed by atoms with Gasteiger partial charge >= 0.3 is 0 Å². The van der Waals surface area contributed by atoms with Crippen LogP contribution in [0.25, 0.3) is 10.8 Å². The van der Waals surface area contributed by atoms with Crippen LogP contribution in [0.4, 0.5) is 0 Å². The highest BCUT2D eigenvalue weighted by atomic mass is 16.5. The molecule has 2 rings (SSSR count). The maximum atomic E-state index is 11.7. The van der Waals surface area contributed by atoms with Gasteiger partial charge < -0.3 is 10.5 Å². The summed E-state index contributed by atoms with van der Waals surface area (Å²) in [6.45, 7) is 5.89. The summed E-state index contributed by atoms with van der Waals surface area (Å²) < 4.78 is 5.78. The van der Waals surface area contributed by atoms with Crippen LogP contribution in [0.1, 0.15) is 20.8 Å². The molecule has 0 spiro atoms. The topological polar surface area (TPSA) is 64.3 Å². The van der Waals surface area contributed by atoms with E-state index in [4.69, 9.17) is 10.5 Å². The number of rotatable bonds is 6. The minimum Gasteiger partial charge on any atom is -0.491 e. The molecule has 1 unspecified atom stereocenters. The summed E-state index contributed by atoms with van der Waals surface area (Å²) in [4.78, 5) is 11.7. The SMILES string of the molecule is CC(C)NC(C)(COc1ccc2ccccc2c1)C(N)=O. The van der Waals surface area contributed by atoms with Gasteiger partial charge in [-0.15, -0.1) is 0 Å². The first kappa shape index (κ1) is 15.3. The van der Waals surface area contributed by atoms with Gasteiger partial charge in [0.25, 0.3) is 0 Å². The number of amides is 1. The van der Waals surface area contributed by atoms with Crippen LogP contribution in [-0.4, -0.2) is 24.1 Å². The molecule has 4 heteroatoms. The van der Waals surface area contributed by atoms with Crippen LogP contribution >= 0.6 is 0 Å². The van der Waals surface area contributed by atoms with Crippen LogP contribution in [0, 0.1) is 0 Å². The van der Waals surface area contributed by atoms with E-state index in [0.717, 1.165) is 16.5 Å². The Morgan fingerprint density at radius 3 is 2.52 bits per heavy atom. The van der Waals surface area contributed by atoms with E-state index in [1.54, 1.807) is 6.92 Å². The fourth-order valence-corrected chi connectivity index (χ4v) is 2.31. The lowest BCUT2D eigenvalue weighted by atomic mass is 10.0. The molecule has 0 saturated heterocycles. The number of nitrogens with two attached hydrogens (primary N) is 1. The van der Waals surface area contributed by atoms with Crippen LogP contribution in [0.15, 0.2) is 42.5 Å². The molecule has 2 aromatic rings. The van der Waals surface area contributed by atoms with Crippen molar-refractivity contribution in [2.45, 2.75) is 32.4 Å². The van der Waals surface area contributed by atoms with Crippen molar-refractivity contribution in [3.63, 3.8) is 0 Å². The molecule has 0 fully saturated rings. The third-order valence-corrected chi connectivity index (χ3v) is 3.40. The van der Waals surface area contributed by atoms with Crippen molar-refractivity contribution < 1.29 is 9.53 Å². The number of carbonyl (C=O) groups excluding carboxylic acids is 1. The summed E-state index contributed by atoms with van der Waals surface area (Å²) in [5, 5.41) is 5.42. The molecule has 4 nitrogen and oxygen atoms in total. The van der Waals surface area contributed by atoms with Crippen LogP contribution in [-0.2, 0) is 4.79 Å². The lowest BCUT2D eigenvalue weighted by molar-refractivity contribution is -0.125. The van der Waals surface area contributed by atoms with Gasteiger partial charge in [0.2, 0.25) is 5.91 Å². The zero-order valence-corrected chi connectivity index (χ0v) is 12.7. The summed E-state index contributed by atoms with van der Waals surface area (Å²) in [6.07, 6.45) is 0. The molecular formula is C17H22N2O2. The Morgan fingerprint density at radius 2 is 1.90 bits per heavy atom. The highest BCUT2D eigenvalue weighted by Gasteiger charge is 2.32. The smallest absolute Gasteiger partial charge is 0.240 e. The minimum atomic E-state index is -0.889. The molecule has 0 saturated carbocycles. The number of hydrogen-bond donors (Lipinski definition) is 2. The van der Waals surface area contributed by atoms with Gasteiger partial charge in [0.1, 0.15) is 17.9 Å². The van der Waals surface area contributed by atoms with Crippen molar-refractivity contribution >= 4 is 16.7 Å². The van der Waals surface area contributed by atoms with Crippen molar-refractivity contribution in [2.24, 2.45) is 5.73 Å². The Morgan fingerprint density at radius 1 is 1.24 bits per heavy atom. The second kappa shape index (κ2) is 6.14. The van der Waals surface area contributed by atoms with Gasteiger partial charge in [0.05, 0.1) is 0 Å². The molecule has 0 aliphatic rings. The average Bonchev–Trinajstić information content (AvgIpc) is 2.44. The Balaban J connectivity index is 2.13. The van der Waals surface area contributed by atoms with Crippen LogP contribution in [0.5, 0.6) is 5.75 Å². The molecule has 0 radical (unpaired) electrons. The summed E-state index contributed by atoms with van der Waals surface area (Å²) in [5.74, 6) is 0.309. The summed E-state index contributed by atoms with van der Waals surface area (Å²) in [7, 11) is 0. The molecule has 0 aliphatic carbocycles. The quantitative estimate of drug-likeness (QED) is 0.857. The average molecular weight is 286 g/mol. The third kappa shape index (κ3) is 3.73. The molecule has 2 aromatic carbocycles. The van der Waals surface area contributed by atoms with Crippen LogP contribution in [0.3, 0.4) is 0 Å². The first-order valence-corrected chi connectivity index (χ1v) is 7.10. The molecule has 3 N–H and O–H groups in total. The van der Waals surface area contributed by atoms with Gasteiger partial charge in [-0.3, -0.25) is 10.1 Å². The molecular weight excluding hydrogens is 264 g/mol. The fraction of sp³-hybridized carbons (Fsp3) is 0.353. The predicted octanol–water partition coefficient (Wildman–Crippen LogP) is 2.46. The normalized spacial score (nSPS) is 14.1. The zero-order valence-electron chi connectivity index (χ0n) is 12.7. The predicted molar refractivity (Wildman–Crippen MR) is 85.3 cm³/mol. The van der Waals surface area contributed by atoms with Crippen molar-refractivity contribution in [2.75, 3.05) is 6.61 Å². The minimum absolute atomic E-state index is 0.141. The maximum absolute atomic E-state index is 11.7. The van der Waals surface area contributed by atoms with E-state index in [0.29, 0.717) is 0 Å². The van der Waals surface area contributed by atoms with Gasteiger partial charge in [0.15, 0.2) is 0 Å². The number of hydrogen-bond acceptors (Lipinski definition) is 3. The largest absolute Gasteiger partial charge is 0.491 e. The van der Waals surface area contributed by atoms with Crippen molar-refractivity contribution in [1.29, 1.82) is 0 Å². The first-order valence-electron chi connectivity index (χ1n) is 7.10. The number of ether oxygens (including phenoxy) is 1. The number of benzene rings is 2. The van der Waals surface area contributed by atoms with E-state index < -0.39 is 11.4 Å². The highest BCUT2D eigenvalue weighted by Crippen LogP contribution is 2.21. The Labute approximate surface area is 125 Å². The van der Waals surface area contributed by atoms with Crippen molar-refractivity contribution in [3.8, 4) is 5.75 Å². The lowest BCUT2D eigenvalue weighted by Crippen LogP contribution is -2.59. The Kier molecular flexibility index (Phi) is 4.48. The summed E-state index contributed by atoms with van der Waals surface area (Å²) in [5.41, 5.74) is 4.60. The van der Waals surface area contributed by atoms with Gasteiger partial charge in [0, 0.05) is 6.04 Å². The standard InChI is InChI=1S/C17H22N2O2/c1-12(2)19-17(3,16(18)20)11-21-15-9-8-13-6-4-5-7-14(13)10-15/h4-10,12,19H,11H2,1-3H3,(H2,18,20). The molecule has 0 aliphatic heterocycles. The van der Waals surface area contributed by atoms with E-state index in [2.05, 4.69) is 5.32 Å². The molecule has 112 valence electrons. The lowest BCUT2D eigenvalue weighted by Gasteiger charge is -2.29. The van der Waals surface area contributed by atoms with E-state index in [1.165, 1.54) is 0 Å². The van der Waals surface area contributed by atoms with Gasteiger partial charge in [-0.2, -0.15) is 0 Å². The maximum Gasteiger partial charge on any atom is 0.240 e. The zero-order chi connectivity index (χ0) is 15.5. The highest BCUT2D eigenvalue weighted by molar-refractivity contribution is 5.85. The van der Waals surface area contributed by atoms with Crippen molar-refractivity contribution in [3.05, 3.63) is 42.5 Å². The molecule has 0 heterocycles. The second-order valence-electron chi connectivity index (χ2n) is 5.79. The summed E-state index contributed by atoms with van der Waals surface area (Å²) in [6, 6.07) is 14.1. The fourth-order valence-electron chi connectivity index (χ4n) is 2.31. The summed E-state index contributed by atoms with van der Waals surface area (Å²) >= 11 is 0. The molecule has 1 amide bonds. The molecule has 21 heavy (non-hydrogen) atoms. The van der Waals surface area contributed by atoms with Crippen LogP contribution < -0.4 is 15.8 Å². The molecule has 1 atom stereocenters. The Hall–Kier alpha value is -2.07. The molecule has 0 aromatic heterocycles. The number of primary amides is 1. The van der Waals surface area contributed by atoms with E-state index >= 15 is 0 Å². The second-order valence-corrected chi connectivity index (χ2v) is 5.79. The number of carbonyl (C=O) groups is 1. The van der Waals surface area contributed by atoms with E-state index in [-0.39, 0.29) is 12.6 Å². The third-order valence-electron chi connectivity index (χ3n) is 3.40. The Bertz CT molecular complexity index is 639. The van der Waals surface area contributed by atoms with Gasteiger partial charge in [-0.05, 0) is 43.7 Å². The number of nitrogens with one attached hydrogen (secondary N) is 1. The van der Waals surface area contributed by atoms with Gasteiger partial charge in [-0.25, -0.2) is 0 Å². The van der Waals surface area contributed by atoms with Crippen LogP contribution in [0.2, 0.25) is 0 Å². The first-order chi connectivity index (χ1) is 9.90. The van der Waals surface area contributed by atoms with E-state index in [1.807, 2.05) is 56.3 Å². The van der Waals surface area contributed by atoms with Gasteiger partial charge in [-0.1, -0.05) is 30.3 Å². The van der Waals surface area contributed by atoms with E-state index in [9.17, 15) is 4.79 Å².